The van der Waals surface area contributed by atoms with Crippen LogP contribution in [0.1, 0.15) is 102 Å². The monoisotopic (exact) mass is 921 g/mol. The van der Waals surface area contributed by atoms with E-state index in [0.29, 0.717) is 55.5 Å². The van der Waals surface area contributed by atoms with Crippen molar-refractivity contribution in [3.05, 3.63) is 89.8 Å². The molecule has 15 heteroatoms. The Morgan fingerprint density at radius 1 is 1.04 bits per heavy atom. The van der Waals surface area contributed by atoms with Gasteiger partial charge in [0.2, 0.25) is 17.7 Å². The Balaban J connectivity index is 1.34. The number of aryl methyl sites for hydroxylation is 1. The summed E-state index contributed by atoms with van der Waals surface area (Å²) in [6, 6.07) is 11.4. The lowest BCUT2D eigenvalue weighted by molar-refractivity contribution is -0.155. The van der Waals surface area contributed by atoms with Crippen LogP contribution < -0.4 is 10.7 Å². The number of hydrazine groups is 1. The first-order valence-corrected chi connectivity index (χ1v) is 23.6. The first-order valence-electron chi connectivity index (χ1n) is 23.6. The number of ether oxygens (including phenoxy) is 1. The van der Waals surface area contributed by atoms with Crippen molar-refractivity contribution in [3.8, 4) is 22.4 Å². The second-order valence-electron chi connectivity index (χ2n) is 19.8. The van der Waals surface area contributed by atoms with Crippen LogP contribution in [-0.4, -0.2) is 105 Å². The molecule has 0 radical (unpaired) electrons. The number of fused-ring (bicyclic) bond motifs is 6. The number of hydrogen-bond donors (Lipinski definition) is 2. The van der Waals surface area contributed by atoms with E-state index >= 15 is 0 Å². The Morgan fingerprint density at radius 2 is 1.81 bits per heavy atom. The summed E-state index contributed by atoms with van der Waals surface area (Å²) in [4.78, 5) is 77.2. The van der Waals surface area contributed by atoms with Gasteiger partial charge < -0.3 is 24.4 Å². The van der Waals surface area contributed by atoms with E-state index in [0.717, 1.165) is 33.4 Å². The van der Waals surface area contributed by atoms with Crippen LogP contribution in [0.2, 0.25) is 0 Å². The lowest BCUT2D eigenvalue weighted by Gasteiger charge is -2.37. The van der Waals surface area contributed by atoms with Gasteiger partial charge in [0.15, 0.2) is 0 Å². The lowest BCUT2D eigenvalue weighted by Crippen LogP contribution is -2.62. The van der Waals surface area contributed by atoms with Gasteiger partial charge in [0, 0.05) is 73.3 Å². The normalized spacial score (nSPS) is 20.5. The lowest BCUT2D eigenvalue weighted by atomic mass is 9.83. The zero-order chi connectivity index (χ0) is 48.5. The van der Waals surface area contributed by atoms with Crippen molar-refractivity contribution in [3.63, 3.8) is 0 Å². The Hall–Kier alpha value is -5.96. The largest absolute Gasteiger partial charge is 0.464 e. The second-order valence-corrected chi connectivity index (χ2v) is 19.8. The number of hydrogen-bond acceptors (Lipinski definition) is 8. The summed E-state index contributed by atoms with van der Waals surface area (Å²) >= 11 is 0. The summed E-state index contributed by atoms with van der Waals surface area (Å²) in [5.41, 5.74) is 8.76. The fourth-order valence-electron chi connectivity index (χ4n) is 10.2. The molecule has 7 rings (SSSR count). The molecule has 6 bridgehead atoms. The first-order chi connectivity index (χ1) is 31.8. The van der Waals surface area contributed by atoms with Crippen LogP contribution in [0, 0.1) is 17.3 Å². The predicted octanol–water partition coefficient (Wildman–Crippen LogP) is 7.62. The minimum atomic E-state index is -2.85. The van der Waals surface area contributed by atoms with Crippen LogP contribution in [0.4, 0.5) is 8.78 Å². The Kier molecular flexibility index (Phi) is 14.7. The highest BCUT2D eigenvalue weighted by Gasteiger charge is 2.40. The van der Waals surface area contributed by atoms with E-state index < -0.39 is 59.6 Å². The molecule has 67 heavy (non-hydrogen) atoms. The minimum Gasteiger partial charge on any atom is -0.464 e. The van der Waals surface area contributed by atoms with Gasteiger partial charge in [-0.1, -0.05) is 66.3 Å². The van der Waals surface area contributed by atoms with E-state index in [1.165, 1.54) is 35.2 Å². The third-order valence-corrected chi connectivity index (χ3v) is 13.5. The fourth-order valence-corrected chi connectivity index (χ4v) is 10.2. The van der Waals surface area contributed by atoms with E-state index in [-0.39, 0.29) is 49.4 Å². The molecule has 3 aliphatic heterocycles. The number of rotatable bonds is 10. The number of esters is 1. The van der Waals surface area contributed by atoms with Gasteiger partial charge in [0.25, 0.3) is 12.3 Å². The van der Waals surface area contributed by atoms with Gasteiger partial charge in [-0.3, -0.25) is 34.0 Å². The van der Waals surface area contributed by atoms with Crippen molar-refractivity contribution in [2.45, 2.75) is 118 Å². The van der Waals surface area contributed by atoms with Gasteiger partial charge in [-0.15, -0.1) is 0 Å². The number of likely N-dealkylation sites (N-methyl/N-ethyl adjacent to an activating group) is 1. The molecule has 0 saturated carbocycles. The molecule has 358 valence electrons. The van der Waals surface area contributed by atoms with Crippen molar-refractivity contribution in [1.29, 1.82) is 0 Å². The SMILES string of the molecule is C=CC(=O)N1CC[C@H](C(=O)N(C)[C@H](C(=O)N[C@H]2Cc3cc(cc(C(F)F)c3)-c3ccc4c(c3)c(c(-c3cccnc3C(C)C)n4CC)CC(C)(C)COC(=O)[C@@H]3CCCN(N3)C2=O)C(C)C)C1. The van der Waals surface area contributed by atoms with Crippen LogP contribution in [0.5, 0.6) is 0 Å². The van der Waals surface area contributed by atoms with Crippen LogP contribution in [-0.2, 0) is 48.1 Å². The average Bonchev–Trinajstić information content (AvgIpc) is 3.92. The number of benzene rings is 2. The Bertz CT molecular complexity index is 2550. The highest BCUT2D eigenvalue weighted by Crippen LogP contribution is 2.42. The average molecular weight is 922 g/mol. The number of carbonyl (C=O) groups is 5. The molecule has 13 nitrogen and oxygen atoms in total. The standard InChI is InChI=1S/C52H65F2N7O6/c1-10-43(62)59-21-18-34(28-59)49(64)58(9)45(31(5)6)48(63)56-41-24-32-22-35(25-36(23-32)47(53)54)33-16-17-42-38(26-33)39(46(60(42)11-2)37-14-12-19-55-44(37)30(3)4)27-52(7,8)29-67-51(66)40-15-13-20-61(57-40)50(41)65/h10,12,14,16-17,19,22-23,25-26,30-31,34,40-41,45,47,57H,1,11,13,15,18,20-21,24,27-29H2,2-9H3,(H,56,63)/t34-,40-,41-,45-/m0/s1. The summed E-state index contributed by atoms with van der Waals surface area (Å²) in [7, 11) is 1.54. The number of aromatic nitrogens is 2. The zero-order valence-electron chi connectivity index (χ0n) is 40.0. The van der Waals surface area contributed by atoms with Crippen molar-refractivity contribution in [1.82, 2.24) is 35.1 Å². The number of amides is 4. The summed E-state index contributed by atoms with van der Waals surface area (Å²) in [6.07, 6.45) is 1.77. The van der Waals surface area contributed by atoms with E-state index in [1.807, 2.05) is 38.1 Å². The maximum atomic E-state index is 15.0. The predicted molar refractivity (Wildman–Crippen MR) is 254 cm³/mol. The fraction of sp³-hybridized carbons (Fsp3) is 0.500. The zero-order valence-corrected chi connectivity index (χ0v) is 40.0. The quantitative estimate of drug-likeness (QED) is 0.122. The van der Waals surface area contributed by atoms with Gasteiger partial charge >= 0.3 is 5.97 Å². The molecule has 0 spiro atoms. The highest BCUT2D eigenvalue weighted by molar-refractivity contribution is 5.96. The van der Waals surface area contributed by atoms with Gasteiger partial charge in [-0.25, -0.2) is 14.2 Å². The molecule has 4 amide bonds. The molecule has 4 aromatic rings. The van der Waals surface area contributed by atoms with Gasteiger partial charge in [-0.05, 0) is 103 Å². The molecule has 2 saturated heterocycles. The minimum absolute atomic E-state index is 0.0741. The number of alkyl halides is 2. The van der Waals surface area contributed by atoms with E-state index in [9.17, 15) is 32.8 Å². The number of carbonyl (C=O) groups excluding carboxylic acids is 5. The van der Waals surface area contributed by atoms with Crippen molar-refractivity contribution in [2.75, 3.05) is 33.3 Å². The van der Waals surface area contributed by atoms with E-state index in [2.05, 4.69) is 48.7 Å². The van der Waals surface area contributed by atoms with Crippen molar-refractivity contribution < 1.29 is 37.5 Å². The third kappa shape index (κ3) is 10.3. The van der Waals surface area contributed by atoms with Crippen molar-refractivity contribution >= 4 is 40.5 Å². The number of pyridine rings is 1. The number of halogens is 2. The van der Waals surface area contributed by atoms with Crippen LogP contribution >= 0.6 is 0 Å². The van der Waals surface area contributed by atoms with Gasteiger partial charge in [0.1, 0.15) is 18.1 Å². The summed E-state index contributed by atoms with van der Waals surface area (Å²) in [5.74, 6) is -3.11. The molecule has 5 heterocycles. The Labute approximate surface area is 392 Å². The summed E-state index contributed by atoms with van der Waals surface area (Å²) in [5, 5.41) is 5.17. The number of likely N-dealkylation sites (tertiary alicyclic amines) is 1. The van der Waals surface area contributed by atoms with Crippen molar-refractivity contribution in [2.24, 2.45) is 17.3 Å². The first kappa shape index (κ1) is 49.0. The smallest absolute Gasteiger partial charge is 0.324 e. The maximum absolute atomic E-state index is 15.0. The van der Waals surface area contributed by atoms with Crippen LogP contribution in [0.25, 0.3) is 33.3 Å². The van der Waals surface area contributed by atoms with E-state index in [1.54, 1.807) is 31.0 Å². The Morgan fingerprint density at radius 3 is 2.49 bits per heavy atom. The summed E-state index contributed by atoms with van der Waals surface area (Å²) < 4.78 is 38.3. The molecule has 2 aromatic heterocycles. The van der Waals surface area contributed by atoms with Crippen LogP contribution in [0.15, 0.2) is 67.4 Å². The molecule has 2 aromatic carbocycles. The molecule has 2 N–H and O–H groups in total. The molecule has 4 atom stereocenters. The highest BCUT2D eigenvalue weighted by atomic mass is 19.3. The van der Waals surface area contributed by atoms with Gasteiger partial charge in [0.05, 0.1) is 23.9 Å². The summed E-state index contributed by atoms with van der Waals surface area (Å²) in [6.45, 7) is 19.0. The number of cyclic esters (lactones) is 1. The molecular weight excluding hydrogens is 857 g/mol. The van der Waals surface area contributed by atoms with Crippen LogP contribution in [0.3, 0.4) is 0 Å². The van der Waals surface area contributed by atoms with Gasteiger partial charge in [-0.2, -0.15) is 0 Å². The molecule has 0 unspecified atom stereocenters. The molecule has 2 fully saturated rings. The number of nitrogens with one attached hydrogen (secondary N) is 2. The molecule has 0 aliphatic carbocycles. The molecule has 3 aliphatic rings. The number of nitrogens with zero attached hydrogens (tertiary/aromatic N) is 5. The van der Waals surface area contributed by atoms with E-state index in [4.69, 9.17) is 9.72 Å². The molecular formula is C52H65F2N7O6. The maximum Gasteiger partial charge on any atom is 0.324 e. The topological polar surface area (TPSA) is 146 Å². The second kappa shape index (κ2) is 20.1. The third-order valence-electron chi connectivity index (χ3n) is 13.5.